The van der Waals surface area contributed by atoms with Crippen LogP contribution >= 0.6 is 0 Å². The molecule has 1 aromatic carbocycles. The zero-order chi connectivity index (χ0) is 13.2. The number of hydrogen-bond donors (Lipinski definition) is 1. The fraction of sp³-hybridized carbons (Fsp3) is 0.533. The van der Waals surface area contributed by atoms with Gasteiger partial charge in [0, 0.05) is 18.5 Å². The van der Waals surface area contributed by atoms with Gasteiger partial charge in [-0.1, -0.05) is 30.3 Å². The summed E-state index contributed by atoms with van der Waals surface area (Å²) in [5, 5.41) is 9.82. The van der Waals surface area contributed by atoms with E-state index >= 15 is 0 Å². The van der Waals surface area contributed by atoms with E-state index < -0.39 is 0 Å². The van der Waals surface area contributed by atoms with Gasteiger partial charge in [0.15, 0.2) is 0 Å². The zero-order valence-electron chi connectivity index (χ0n) is 10.9. The minimum atomic E-state index is -0.247. The Balaban J connectivity index is 1.57. The van der Waals surface area contributed by atoms with Crippen LogP contribution in [0.25, 0.3) is 0 Å². The predicted molar refractivity (Wildman–Crippen MR) is 70.5 cm³/mol. The second-order valence-electron chi connectivity index (χ2n) is 5.49. The van der Waals surface area contributed by atoms with Crippen molar-refractivity contribution in [1.82, 2.24) is 4.90 Å². The smallest absolute Gasteiger partial charge is 0.410 e. The molecule has 3 atom stereocenters. The normalized spacial score (nSPS) is 29.3. The van der Waals surface area contributed by atoms with Gasteiger partial charge in [0.05, 0.1) is 6.10 Å². The lowest BCUT2D eigenvalue weighted by atomic mass is 9.88. The fourth-order valence-corrected chi connectivity index (χ4v) is 3.13. The van der Waals surface area contributed by atoms with Crippen molar-refractivity contribution in [3.8, 4) is 0 Å². The number of fused-ring (bicyclic) bond motifs is 2. The van der Waals surface area contributed by atoms with Crippen LogP contribution in [-0.2, 0) is 11.3 Å². The van der Waals surface area contributed by atoms with E-state index in [0.717, 1.165) is 24.8 Å². The molecule has 1 aliphatic carbocycles. The maximum atomic E-state index is 12.1. The van der Waals surface area contributed by atoms with Gasteiger partial charge in [-0.05, 0) is 24.8 Å². The molecule has 2 fully saturated rings. The highest BCUT2D eigenvalue weighted by atomic mass is 16.6. The summed E-state index contributed by atoms with van der Waals surface area (Å²) in [5.74, 6) is 0.239. The van der Waals surface area contributed by atoms with Crippen LogP contribution in [0, 0.1) is 5.92 Å². The van der Waals surface area contributed by atoms with Gasteiger partial charge in [0.25, 0.3) is 0 Å². The van der Waals surface area contributed by atoms with Crippen LogP contribution in [0.3, 0.4) is 0 Å². The number of hydrogen-bond acceptors (Lipinski definition) is 3. The summed E-state index contributed by atoms with van der Waals surface area (Å²) in [4.78, 5) is 13.9. The van der Waals surface area contributed by atoms with Crippen molar-refractivity contribution < 1.29 is 14.6 Å². The number of ether oxygens (including phenoxy) is 1. The van der Waals surface area contributed by atoms with Crippen molar-refractivity contribution in [2.45, 2.75) is 38.0 Å². The van der Waals surface area contributed by atoms with E-state index in [9.17, 15) is 9.90 Å². The van der Waals surface area contributed by atoms with E-state index in [-0.39, 0.29) is 24.2 Å². The molecule has 0 radical (unpaired) electrons. The van der Waals surface area contributed by atoms with E-state index in [1.54, 1.807) is 4.90 Å². The lowest BCUT2D eigenvalue weighted by molar-refractivity contribution is 0.0865. The minimum absolute atomic E-state index is 0.239. The summed E-state index contributed by atoms with van der Waals surface area (Å²) < 4.78 is 5.36. The summed E-state index contributed by atoms with van der Waals surface area (Å²) >= 11 is 0. The van der Waals surface area contributed by atoms with Gasteiger partial charge in [-0.25, -0.2) is 4.79 Å². The molecule has 2 aliphatic rings. The molecule has 102 valence electrons. The third-order valence-corrected chi connectivity index (χ3v) is 4.23. The second kappa shape index (κ2) is 5.21. The van der Waals surface area contributed by atoms with Crippen LogP contribution in [-0.4, -0.2) is 34.8 Å². The Kier molecular flexibility index (Phi) is 3.42. The molecule has 1 N–H and O–H groups in total. The fourth-order valence-electron chi connectivity index (χ4n) is 3.13. The zero-order valence-corrected chi connectivity index (χ0v) is 10.9. The summed E-state index contributed by atoms with van der Waals surface area (Å²) in [6, 6.07) is 9.96. The summed E-state index contributed by atoms with van der Waals surface area (Å²) in [6.45, 7) is 0.954. The first-order valence-corrected chi connectivity index (χ1v) is 6.89. The Morgan fingerprint density at radius 3 is 2.84 bits per heavy atom. The summed E-state index contributed by atoms with van der Waals surface area (Å²) in [6.07, 6.45) is 2.12. The predicted octanol–water partition coefficient (Wildman–Crippen LogP) is 2.17. The number of likely N-dealkylation sites (tertiary alicyclic amines) is 1. The minimum Gasteiger partial charge on any atom is -0.445 e. The van der Waals surface area contributed by atoms with E-state index in [1.165, 1.54) is 0 Å². The first-order valence-electron chi connectivity index (χ1n) is 6.89. The Bertz CT molecular complexity index is 448. The van der Waals surface area contributed by atoms with Gasteiger partial charge in [-0.2, -0.15) is 0 Å². The van der Waals surface area contributed by atoms with Crippen molar-refractivity contribution in [2.24, 2.45) is 5.92 Å². The number of aliphatic hydroxyl groups excluding tert-OH is 1. The molecule has 1 heterocycles. The third-order valence-electron chi connectivity index (χ3n) is 4.23. The van der Waals surface area contributed by atoms with Gasteiger partial charge in [-0.15, -0.1) is 0 Å². The Morgan fingerprint density at radius 2 is 2.11 bits per heavy atom. The van der Waals surface area contributed by atoms with Crippen molar-refractivity contribution in [2.75, 3.05) is 6.54 Å². The SMILES string of the molecule is O=C(OCc1ccccc1)N1CC2CC1CCC2O. The maximum absolute atomic E-state index is 12.1. The second-order valence-corrected chi connectivity index (χ2v) is 5.49. The number of aliphatic hydroxyl groups is 1. The molecule has 1 amide bonds. The molecule has 4 nitrogen and oxygen atoms in total. The van der Waals surface area contributed by atoms with Crippen LogP contribution < -0.4 is 0 Å². The highest BCUT2D eigenvalue weighted by molar-refractivity contribution is 5.68. The maximum Gasteiger partial charge on any atom is 0.410 e. The highest BCUT2D eigenvalue weighted by Crippen LogP contribution is 2.36. The molecule has 3 rings (SSSR count). The van der Waals surface area contributed by atoms with Gasteiger partial charge in [0.1, 0.15) is 6.61 Å². The number of carbonyl (C=O) groups is 1. The monoisotopic (exact) mass is 261 g/mol. The van der Waals surface area contributed by atoms with Crippen molar-refractivity contribution in [3.05, 3.63) is 35.9 Å². The first-order chi connectivity index (χ1) is 9.24. The average molecular weight is 261 g/mol. The summed E-state index contributed by atoms with van der Waals surface area (Å²) in [5.41, 5.74) is 0.998. The molecule has 1 saturated heterocycles. The quantitative estimate of drug-likeness (QED) is 0.887. The topological polar surface area (TPSA) is 49.8 Å². The lowest BCUT2D eigenvalue weighted by Crippen LogP contribution is -2.35. The van der Waals surface area contributed by atoms with Crippen LogP contribution in [0.2, 0.25) is 0 Å². The van der Waals surface area contributed by atoms with E-state index in [1.807, 2.05) is 30.3 Å². The Labute approximate surface area is 113 Å². The molecule has 1 aliphatic heterocycles. The molecule has 2 bridgehead atoms. The standard InChI is InChI=1S/C15H19NO3/c17-14-7-6-13-8-12(14)9-16(13)15(18)19-10-11-4-2-1-3-5-11/h1-5,12-14,17H,6-10H2. The number of amides is 1. The van der Waals surface area contributed by atoms with E-state index in [0.29, 0.717) is 13.2 Å². The molecular formula is C15H19NO3. The molecule has 1 saturated carbocycles. The van der Waals surface area contributed by atoms with Gasteiger partial charge in [-0.3, -0.25) is 0 Å². The third kappa shape index (κ3) is 2.59. The van der Waals surface area contributed by atoms with Crippen LogP contribution in [0.1, 0.15) is 24.8 Å². The molecule has 0 spiro atoms. The number of nitrogens with zero attached hydrogens (tertiary/aromatic N) is 1. The lowest BCUT2D eigenvalue weighted by Gasteiger charge is -2.25. The molecule has 19 heavy (non-hydrogen) atoms. The molecule has 0 aromatic heterocycles. The van der Waals surface area contributed by atoms with Crippen molar-refractivity contribution >= 4 is 6.09 Å². The number of carbonyl (C=O) groups excluding carboxylic acids is 1. The molecule has 3 unspecified atom stereocenters. The number of benzene rings is 1. The molecular weight excluding hydrogens is 242 g/mol. The summed E-state index contributed by atoms with van der Waals surface area (Å²) in [7, 11) is 0. The van der Waals surface area contributed by atoms with Gasteiger partial charge < -0.3 is 14.7 Å². The Hall–Kier alpha value is -1.55. The van der Waals surface area contributed by atoms with Crippen LogP contribution in [0.15, 0.2) is 30.3 Å². The molecule has 4 heteroatoms. The highest BCUT2D eigenvalue weighted by Gasteiger charge is 2.42. The van der Waals surface area contributed by atoms with Gasteiger partial charge in [0.2, 0.25) is 0 Å². The largest absolute Gasteiger partial charge is 0.445 e. The Morgan fingerprint density at radius 1 is 1.32 bits per heavy atom. The van der Waals surface area contributed by atoms with E-state index in [4.69, 9.17) is 4.74 Å². The average Bonchev–Trinajstić information content (AvgIpc) is 2.81. The van der Waals surface area contributed by atoms with Crippen LogP contribution in [0.4, 0.5) is 4.79 Å². The number of rotatable bonds is 2. The van der Waals surface area contributed by atoms with E-state index in [2.05, 4.69) is 0 Å². The van der Waals surface area contributed by atoms with Crippen LogP contribution in [0.5, 0.6) is 0 Å². The van der Waals surface area contributed by atoms with Crippen molar-refractivity contribution in [3.63, 3.8) is 0 Å². The van der Waals surface area contributed by atoms with Crippen molar-refractivity contribution in [1.29, 1.82) is 0 Å². The van der Waals surface area contributed by atoms with Gasteiger partial charge >= 0.3 is 6.09 Å². The molecule has 1 aromatic rings. The first kappa shape index (κ1) is 12.5.